The molecule has 1 fully saturated rings. The highest BCUT2D eigenvalue weighted by Crippen LogP contribution is 2.33. The van der Waals surface area contributed by atoms with Gasteiger partial charge in [-0.15, -0.1) is 11.3 Å². The molecule has 0 saturated carbocycles. The zero-order chi connectivity index (χ0) is 19.7. The molecule has 0 aliphatic carbocycles. The Hall–Kier alpha value is -2.12. The lowest BCUT2D eigenvalue weighted by molar-refractivity contribution is -0.129. The number of aromatic nitrogens is 2. The quantitative estimate of drug-likeness (QED) is 0.464. The molecule has 1 aromatic carbocycles. The highest BCUT2D eigenvalue weighted by Gasteiger charge is 2.26. The topological polar surface area (TPSA) is 55.2 Å². The fourth-order valence-corrected chi connectivity index (χ4v) is 5.65. The summed E-state index contributed by atoms with van der Waals surface area (Å²) in [7, 11) is 0. The van der Waals surface area contributed by atoms with E-state index in [-0.39, 0.29) is 16.7 Å². The second-order valence-corrected chi connectivity index (χ2v) is 9.10. The monoisotopic (exact) mass is 413 g/mol. The maximum atomic E-state index is 13.3. The van der Waals surface area contributed by atoms with Crippen molar-refractivity contribution in [3.63, 3.8) is 0 Å². The van der Waals surface area contributed by atoms with E-state index < -0.39 is 0 Å². The molecule has 7 heteroatoms. The molecule has 0 unspecified atom stereocenters. The minimum atomic E-state index is -0.256. The standard InChI is InChI=1S/C21H23N3O2S2/c1-3-24-20(26)17-16(15-9-5-4-6-10-15)13-27-18(17)22-21(24)28-14(2)19(25)23-11-7-8-12-23/h4-6,9-10,13-14H,3,7-8,11-12H2,1-2H3/t14-/m1/s1. The Morgan fingerprint density at radius 2 is 1.96 bits per heavy atom. The minimum absolute atomic E-state index is 0.0316. The number of fused-ring (bicyclic) bond motifs is 1. The number of carbonyl (C=O) groups is 1. The first-order valence-electron chi connectivity index (χ1n) is 9.63. The molecule has 2 aromatic heterocycles. The summed E-state index contributed by atoms with van der Waals surface area (Å²) in [6.45, 7) is 6.05. The van der Waals surface area contributed by atoms with Crippen LogP contribution in [-0.4, -0.2) is 38.7 Å². The molecule has 0 radical (unpaired) electrons. The number of thiophene rings is 1. The molecule has 4 rings (SSSR count). The highest BCUT2D eigenvalue weighted by atomic mass is 32.2. The van der Waals surface area contributed by atoms with Gasteiger partial charge >= 0.3 is 0 Å². The van der Waals surface area contributed by atoms with Crippen LogP contribution in [0, 0.1) is 0 Å². The van der Waals surface area contributed by atoms with E-state index in [1.807, 2.05) is 54.5 Å². The van der Waals surface area contributed by atoms with Crippen LogP contribution in [0.4, 0.5) is 0 Å². The molecule has 1 aliphatic heterocycles. The Morgan fingerprint density at radius 3 is 2.64 bits per heavy atom. The summed E-state index contributed by atoms with van der Waals surface area (Å²) in [5.41, 5.74) is 1.92. The third-order valence-electron chi connectivity index (χ3n) is 5.11. The van der Waals surface area contributed by atoms with Gasteiger partial charge in [-0.05, 0) is 32.3 Å². The van der Waals surface area contributed by atoms with E-state index in [0.29, 0.717) is 17.1 Å². The van der Waals surface area contributed by atoms with E-state index in [1.54, 1.807) is 4.57 Å². The summed E-state index contributed by atoms with van der Waals surface area (Å²) in [4.78, 5) is 33.4. The third kappa shape index (κ3) is 3.49. The van der Waals surface area contributed by atoms with Gasteiger partial charge in [0.05, 0.1) is 10.6 Å². The van der Waals surface area contributed by atoms with Gasteiger partial charge in [-0.2, -0.15) is 0 Å². The van der Waals surface area contributed by atoms with Crippen molar-refractivity contribution in [2.75, 3.05) is 13.1 Å². The summed E-state index contributed by atoms with van der Waals surface area (Å²) in [5, 5.41) is 3.04. The molecule has 1 amide bonds. The largest absolute Gasteiger partial charge is 0.342 e. The number of likely N-dealkylation sites (tertiary alicyclic amines) is 1. The Labute approximate surface area is 172 Å². The van der Waals surface area contributed by atoms with E-state index in [2.05, 4.69) is 0 Å². The van der Waals surface area contributed by atoms with Crippen LogP contribution in [0.15, 0.2) is 45.7 Å². The van der Waals surface area contributed by atoms with Crippen LogP contribution in [0.5, 0.6) is 0 Å². The van der Waals surface area contributed by atoms with E-state index >= 15 is 0 Å². The Kier molecular flexibility index (Phi) is 5.55. The van der Waals surface area contributed by atoms with E-state index in [1.165, 1.54) is 23.1 Å². The van der Waals surface area contributed by atoms with Crippen molar-refractivity contribution < 1.29 is 4.79 Å². The maximum Gasteiger partial charge on any atom is 0.263 e. The Morgan fingerprint density at radius 1 is 1.25 bits per heavy atom. The summed E-state index contributed by atoms with van der Waals surface area (Å²) >= 11 is 2.88. The summed E-state index contributed by atoms with van der Waals surface area (Å²) in [5.74, 6) is 0.135. The number of thioether (sulfide) groups is 1. The first-order valence-corrected chi connectivity index (χ1v) is 11.4. The van der Waals surface area contributed by atoms with Gasteiger partial charge in [-0.3, -0.25) is 14.2 Å². The number of amides is 1. The van der Waals surface area contributed by atoms with Crippen LogP contribution >= 0.6 is 23.1 Å². The van der Waals surface area contributed by atoms with Crippen molar-refractivity contribution in [1.82, 2.24) is 14.5 Å². The van der Waals surface area contributed by atoms with Crippen molar-refractivity contribution in [3.8, 4) is 11.1 Å². The molecule has 3 aromatic rings. The lowest BCUT2D eigenvalue weighted by Crippen LogP contribution is -2.34. The van der Waals surface area contributed by atoms with Gasteiger partial charge in [0.1, 0.15) is 4.83 Å². The number of nitrogens with zero attached hydrogens (tertiary/aromatic N) is 3. The average Bonchev–Trinajstić information content (AvgIpc) is 3.38. The molecule has 146 valence electrons. The van der Waals surface area contributed by atoms with Gasteiger partial charge in [0, 0.05) is 30.6 Å². The number of benzene rings is 1. The molecule has 0 bridgehead atoms. The molecule has 28 heavy (non-hydrogen) atoms. The predicted octanol–water partition coefficient (Wildman–Crippen LogP) is 4.25. The van der Waals surface area contributed by atoms with E-state index in [9.17, 15) is 9.59 Å². The smallest absolute Gasteiger partial charge is 0.263 e. The van der Waals surface area contributed by atoms with Crippen LogP contribution < -0.4 is 5.56 Å². The fourth-order valence-electron chi connectivity index (χ4n) is 3.61. The molecule has 3 heterocycles. The van der Waals surface area contributed by atoms with Crippen molar-refractivity contribution in [3.05, 3.63) is 46.1 Å². The molecule has 0 N–H and O–H groups in total. The lowest BCUT2D eigenvalue weighted by Gasteiger charge is -2.20. The lowest BCUT2D eigenvalue weighted by atomic mass is 10.1. The van der Waals surface area contributed by atoms with Gasteiger partial charge in [0.15, 0.2) is 5.16 Å². The van der Waals surface area contributed by atoms with Crippen LogP contribution in [0.1, 0.15) is 26.7 Å². The second kappa shape index (κ2) is 8.09. The average molecular weight is 414 g/mol. The van der Waals surface area contributed by atoms with Gasteiger partial charge < -0.3 is 4.90 Å². The maximum absolute atomic E-state index is 13.3. The van der Waals surface area contributed by atoms with Gasteiger partial charge in [-0.1, -0.05) is 42.1 Å². The van der Waals surface area contributed by atoms with Crippen LogP contribution in [0.2, 0.25) is 0 Å². The van der Waals surface area contributed by atoms with Gasteiger partial charge in [-0.25, -0.2) is 4.98 Å². The number of carbonyl (C=O) groups excluding carboxylic acids is 1. The summed E-state index contributed by atoms with van der Waals surface area (Å²) in [6.07, 6.45) is 2.15. The molecule has 1 atom stereocenters. The molecule has 1 aliphatic rings. The zero-order valence-electron chi connectivity index (χ0n) is 16.1. The highest BCUT2D eigenvalue weighted by molar-refractivity contribution is 8.00. The van der Waals surface area contributed by atoms with Gasteiger partial charge in [0.25, 0.3) is 5.56 Å². The van der Waals surface area contributed by atoms with Crippen molar-refractivity contribution in [2.24, 2.45) is 0 Å². The second-order valence-electron chi connectivity index (χ2n) is 6.93. The van der Waals surface area contributed by atoms with E-state index in [4.69, 9.17) is 4.98 Å². The number of hydrogen-bond donors (Lipinski definition) is 0. The SMILES string of the molecule is CCn1c(S[C@H](C)C(=O)N2CCCC2)nc2scc(-c3ccccc3)c2c1=O. The third-order valence-corrected chi connectivity index (χ3v) is 7.06. The number of rotatable bonds is 5. The molecular weight excluding hydrogens is 390 g/mol. The van der Waals surface area contributed by atoms with Crippen LogP contribution in [0.25, 0.3) is 21.3 Å². The van der Waals surface area contributed by atoms with Gasteiger partial charge in [0.2, 0.25) is 5.91 Å². The molecule has 1 saturated heterocycles. The first kappa shape index (κ1) is 19.2. The summed E-state index contributed by atoms with van der Waals surface area (Å²) < 4.78 is 1.69. The van der Waals surface area contributed by atoms with Crippen molar-refractivity contribution in [2.45, 2.75) is 43.6 Å². The zero-order valence-corrected chi connectivity index (χ0v) is 17.7. The summed E-state index contributed by atoms with van der Waals surface area (Å²) in [6, 6.07) is 9.93. The minimum Gasteiger partial charge on any atom is -0.342 e. The van der Waals surface area contributed by atoms with Crippen LogP contribution in [-0.2, 0) is 11.3 Å². The Balaban J connectivity index is 1.72. The Bertz CT molecular complexity index is 1050. The first-order chi connectivity index (χ1) is 13.6. The van der Waals surface area contributed by atoms with Crippen molar-refractivity contribution in [1.29, 1.82) is 0 Å². The predicted molar refractivity (Wildman–Crippen MR) is 116 cm³/mol. The number of hydrogen-bond acceptors (Lipinski definition) is 5. The molecular formula is C21H23N3O2S2. The molecule has 0 spiro atoms. The van der Waals surface area contributed by atoms with E-state index in [0.717, 1.165) is 41.9 Å². The normalized spacial score (nSPS) is 15.3. The molecule has 5 nitrogen and oxygen atoms in total. The van der Waals surface area contributed by atoms with Crippen LogP contribution in [0.3, 0.4) is 0 Å². The van der Waals surface area contributed by atoms with Crippen molar-refractivity contribution >= 4 is 39.2 Å². The fraction of sp³-hybridized carbons (Fsp3) is 0.381.